The first-order valence-corrected chi connectivity index (χ1v) is 6.86. The number of rotatable bonds is 3. The summed E-state index contributed by atoms with van der Waals surface area (Å²) in [7, 11) is -1.59. The minimum absolute atomic E-state index is 0.137. The molecule has 0 bridgehead atoms. The average Bonchev–Trinajstić information content (AvgIpc) is 2.98. The van der Waals surface area contributed by atoms with Crippen LogP contribution in [0.2, 0.25) is 0 Å². The highest BCUT2D eigenvalue weighted by Gasteiger charge is 2.18. The molecule has 6 heteroatoms. The normalized spacial score (nSPS) is 16.9. The lowest BCUT2D eigenvalue weighted by Crippen LogP contribution is -2.27. The molecule has 3 heterocycles. The number of pyridine rings is 1. The largest absolute Gasteiger partial charge is 0.526 e. The predicted molar refractivity (Wildman–Crippen MR) is 81.4 cm³/mol. The lowest BCUT2D eigenvalue weighted by atomic mass is 9.88. The topological polar surface area (TPSA) is 78.9 Å². The third kappa shape index (κ3) is 3.12. The van der Waals surface area contributed by atoms with E-state index in [1.165, 1.54) is 0 Å². The fourth-order valence-corrected chi connectivity index (χ4v) is 2.36. The molecule has 0 saturated heterocycles. The second-order valence-electron chi connectivity index (χ2n) is 4.86. The van der Waals surface area contributed by atoms with E-state index in [1.807, 2.05) is 18.2 Å². The third-order valence-corrected chi connectivity index (χ3v) is 3.33. The van der Waals surface area contributed by atoms with E-state index in [0.717, 1.165) is 36.2 Å². The summed E-state index contributed by atoms with van der Waals surface area (Å²) in [4.78, 5) is 8.72. The molecule has 0 saturated carbocycles. The second kappa shape index (κ2) is 6.07. The van der Waals surface area contributed by atoms with Crippen LogP contribution in [0.25, 0.3) is 6.08 Å². The van der Waals surface area contributed by atoms with E-state index in [1.54, 1.807) is 24.5 Å². The van der Waals surface area contributed by atoms with Crippen LogP contribution >= 0.6 is 0 Å². The van der Waals surface area contributed by atoms with Gasteiger partial charge in [0.1, 0.15) is 11.4 Å². The molecule has 2 aromatic heterocycles. The zero-order valence-corrected chi connectivity index (χ0v) is 11.4. The fourth-order valence-electron chi connectivity index (χ4n) is 2.36. The molecule has 0 aliphatic carbocycles. The fraction of sp³-hybridized carbons (Fsp3) is 0.200. The Morgan fingerprint density at radius 1 is 1.24 bits per heavy atom. The summed E-state index contributed by atoms with van der Waals surface area (Å²) in [6.07, 6.45) is 7.33. The first-order valence-electron chi connectivity index (χ1n) is 6.86. The van der Waals surface area contributed by atoms with Crippen LogP contribution in [0, 0.1) is 0 Å². The molecule has 1 aliphatic rings. The van der Waals surface area contributed by atoms with E-state index in [9.17, 15) is 0 Å². The molecule has 2 aromatic rings. The van der Waals surface area contributed by atoms with Gasteiger partial charge in [0.25, 0.3) is 0 Å². The molecule has 21 heavy (non-hydrogen) atoms. The zero-order valence-electron chi connectivity index (χ0n) is 11.4. The van der Waals surface area contributed by atoms with Gasteiger partial charge in [-0.2, -0.15) is 0 Å². The highest BCUT2D eigenvalue weighted by Crippen LogP contribution is 2.21. The van der Waals surface area contributed by atoms with Crippen LogP contribution < -0.4 is 5.66 Å². The number of allylic oxidation sites excluding steroid dienone is 1. The van der Waals surface area contributed by atoms with E-state index in [4.69, 9.17) is 14.5 Å². The van der Waals surface area contributed by atoms with Gasteiger partial charge in [0, 0.05) is 24.5 Å². The molecule has 0 amide bonds. The molecule has 0 radical (unpaired) electrons. The van der Waals surface area contributed by atoms with Crippen molar-refractivity contribution in [3.63, 3.8) is 0 Å². The van der Waals surface area contributed by atoms with Gasteiger partial charge in [-0.1, -0.05) is 0 Å². The lowest BCUT2D eigenvalue weighted by Gasteiger charge is -2.15. The smallest absolute Gasteiger partial charge is 0.465 e. The van der Waals surface area contributed by atoms with Crippen LogP contribution in [0.1, 0.15) is 24.2 Å². The van der Waals surface area contributed by atoms with Crippen molar-refractivity contribution in [1.29, 1.82) is 0 Å². The van der Waals surface area contributed by atoms with Gasteiger partial charge < -0.3 is 14.5 Å². The van der Waals surface area contributed by atoms with E-state index >= 15 is 0 Å². The van der Waals surface area contributed by atoms with Crippen LogP contribution in [0.3, 0.4) is 0 Å². The number of aromatic nitrogens is 1. The Balaban J connectivity index is 1.93. The van der Waals surface area contributed by atoms with Crippen molar-refractivity contribution in [3.8, 4) is 0 Å². The lowest BCUT2D eigenvalue weighted by molar-refractivity contribution is 0.409. The summed E-state index contributed by atoms with van der Waals surface area (Å²) in [5, 5.41) is 18.2. The van der Waals surface area contributed by atoms with Crippen molar-refractivity contribution in [2.75, 3.05) is 6.54 Å². The van der Waals surface area contributed by atoms with Gasteiger partial charge in [-0.15, -0.1) is 0 Å². The monoisotopic (exact) mass is 282 g/mol. The van der Waals surface area contributed by atoms with Gasteiger partial charge >= 0.3 is 7.12 Å². The minimum Gasteiger partial charge on any atom is -0.465 e. The van der Waals surface area contributed by atoms with Crippen molar-refractivity contribution in [2.24, 2.45) is 4.99 Å². The minimum atomic E-state index is -1.59. The third-order valence-electron chi connectivity index (χ3n) is 3.33. The Morgan fingerprint density at radius 3 is 2.86 bits per heavy atom. The first-order chi connectivity index (χ1) is 10.2. The highest BCUT2D eigenvalue weighted by atomic mass is 16.4. The van der Waals surface area contributed by atoms with Gasteiger partial charge in [-0.3, -0.25) is 9.98 Å². The quantitative estimate of drug-likeness (QED) is 0.824. The van der Waals surface area contributed by atoms with E-state index in [2.05, 4.69) is 9.98 Å². The molecule has 1 aliphatic heterocycles. The Bertz CT molecular complexity index is 677. The van der Waals surface area contributed by atoms with E-state index in [0.29, 0.717) is 5.76 Å². The van der Waals surface area contributed by atoms with Crippen molar-refractivity contribution >= 4 is 24.6 Å². The zero-order chi connectivity index (χ0) is 14.7. The molecule has 2 N–H and O–H groups in total. The maximum Gasteiger partial charge on any atom is 0.526 e. The first kappa shape index (κ1) is 13.8. The summed E-state index contributed by atoms with van der Waals surface area (Å²) in [5.74, 6) is 0.589. The van der Waals surface area contributed by atoms with Crippen molar-refractivity contribution in [1.82, 2.24) is 4.98 Å². The molecule has 3 rings (SSSR count). The SMILES string of the molecule is OB(O)c1ccc(C=C2CCCN=C2c2cccnc2)o1. The molecular weight excluding hydrogens is 267 g/mol. The molecule has 0 unspecified atom stereocenters. The molecule has 106 valence electrons. The Morgan fingerprint density at radius 2 is 2.14 bits per heavy atom. The molecule has 0 aromatic carbocycles. The standard InChI is InChI=1S/C15H15BN2O3/c19-16(20)14-6-5-13(21-14)9-11-3-2-8-18-15(11)12-4-1-7-17-10-12/h1,4-7,9-10,19-20H,2-3,8H2. The van der Waals surface area contributed by atoms with Crippen molar-refractivity contribution in [2.45, 2.75) is 12.8 Å². The van der Waals surface area contributed by atoms with Gasteiger partial charge in [0.15, 0.2) is 0 Å². The number of hydrogen-bond acceptors (Lipinski definition) is 5. The number of aliphatic imine (C=N–C) groups is 1. The maximum absolute atomic E-state index is 9.08. The molecular formula is C15H15BN2O3. The predicted octanol–water partition coefficient (Wildman–Crippen LogP) is 1.02. The van der Waals surface area contributed by atoms with Gasteiger partial charge in [-0.05, 0) is 48.8 Å². The summed E-state index contributed by atoms with van der Waals surface area (Å²) in [5.41, 5.74) is 3.12. The molecule has 0 atom stereocenters. The Kier molecular flexibility index (Phi) is 3.99. The number of hydrogen-bond donors (Lipinski definition) is 2. The highest BCUT2D eigenvalue weighted by molar-refractivity contribution is 6.57. The van der Waals surface area contributed by atoms with Crippen LogP contribution in [0.15, 0.2) is 51.6 Å². The Labute approximate surface area is 122 Å². The van der Waals surface area contributed by atoms with Crippen molar-refractivity contribution < 1.29 is 14.5 Å². The van der Waals surface area contributed by atoms with E-state index in [-0.39, 0.29) is 5.66 Å². The summed E-state index contributed by atoms with van der Waals surface area (Å²) in [6.45, 7) is 0.806. The Hall–Kier alpha value is -2.18. The van der Waals surface area contributed by atoms with E-state index < -0.39 is 7.12 Å². The summed E-state index contributed by atoms with van der Waals surface area (Å²) >= 11 is 0. The van der Waals surface area contributed by atoms with Crippen LogP contribution in [0.5, 0.6) is 0 Å². The number of furan rings is 1. The van der Waals surface area contributed by atoms with Crippen LogP contribution in [-0.4, -0.2) is 34.4 Å². The maximum atomic E-state index is 9.08. The summed E-state index contributed by atoms with van der Waals surface area (Å²) < 4.78 is 5.39. The second-order valence-corrected chi connectivity index (χ2v) is 4.86. The van der Waals surface area contributed by atoms with Crippen LogP contribution in [0.4, 0.5) is 0 Å². The van der Waals surface area contributed by atoms with Crippen molar-refractivity contribution in [3.05, 3.63) is 53.6 Å². The summed E-state index contributed by atoms with van der Waals surface area (Å²) in [6, 6.07) is 7.14. The number of nitrogens with zero attached hydrogens (tertiary/aromatic N) is 2. The molecule has 0 fully saturated rings. The van der Waals surface area contributed by atoms with Crippen LogP contribution in [-0.2, 0) is 0 Å². The molecule has 5 nitrogen and oxygen atoms in total. The van der Waals surface area contributed by atoms with Gasteiger partial charge in [-0.25, -0.2) is 0 Å². The van der Waals surface area contributed by atoms with Gasteiger partial charge in [0.05, 0.1) is 5.71 Å². The van der Waals surface area contributed by atoms with Gasteiger partial charge in [0.2, 0.25) is 0 Å². The average molecular weight is 282 g/mol. The molecule has 0 spiro atoms.